The average molecular weight is 258 g/mol. The van der Waals surface area contributed by atoms with Gasteiger partial charge in [-0.15, -0.1) is 11.8 Å². The molecule has 0 saturated heterocycles. The van der Waals surface area contributed by atoms with Crippen molar-refractivity contribution in [3.63, 3.8) is 0 Å². The number of rotatable bonds is 7. The molecule has 0 unspecified atom stereocenters. The Hall–Kier alpha value is -0.180. The molecular weight excluding hydrogens is 238 g/mol. The average Bonchev–Trinajstić information content (AvgIpc) is 2.25. The third kappa shape index (κ3) is 6.41. The summed E-state index contributed by atoms with van der Waals surface area (Å²) < 4.78 is 0. The maximum Gasteiger partial charge on any atom is 0.0406 e. The number of hydrogen-bond donors (Lipinski definition) is 1. The SMILES string of the molecule is CC(C)CCNCCSc1ccc(Cl)cc1. The van der Waals surface area contributed by atoms with E-state index >= 15 is 0 Å². The van der Waals surface area contributed by atoms with Gasteiger partial charge in [0.25, 0.3) is 0 Å². The summed E-state index contributed by atoms with van der Waals surface area (Å²) in [4.78, 5) is 1.29. The molecule has 0 bridgehead atoms. The second-order valence-corrected chi connectivity index (χ2v) is 5.84. The lowest BCUT2D eigenvalue weighted by atomic mass is 10.1. The van der Waals surface area contributed by atoms with Gasteiger partial charge >= 0.3 is 0 Å². The second kappa shape index (κ2) is 7.99. The maximum absolute atomic E-state index is 5.82. The zero-order chi connectivity index (χ0) is 11.8. The molecule has 90 valence electrons. The van der Waals surface area contributed by atoms with Crippen molar-refractivity contribution < 1.29 is 0 Å². The smallest absolute Gasteiger partial charge is 0.0406 e. The highest BCUT2D eigenvalue weighted by molar-refractivity contribution is 7.99. The Labute approximate surface area is 108 Å². The fourth-order valence-corrected chi connectivity index (χ4v) is 2.22. The molecule has 3 heteroatoms. The molecular formula is C13H20ClNS. The number of benzene rings is 1. The first-order valence-electron chi connectivity index (χ1n) is 5.77. The van der Waals surface area contributed by atoms with Gasteiger partial charge in [-0.05, 0) is 43.1 Å². The molecule has 0 fully saturated rings. The Balaban J connectivity index is 2.05. The van der Waals surface area contributed by atoms with Crippen LogP contribution >= 0.6 is 23.4 Å². The van der Waals surface area contributed by atoms with Crippen molar-refractivity contribution in [3.05, 3.63) is 29.3 Å². The van der Waals surface area contributed by atoms with E-state index in [0.717, 1.165) is 29.8 Å². The topological polar surface area (TPSA) is 12.0 Å². The fourth-order valence-electron chi connectivity index (χ4n) is 1.29. The van der Waals surface area contributed by atoms with Crippen LogP contribution in [0.25, 0.3) is 0 Å². The largest absolute Gasteiger partial charge is 0.316 e. The van der Waals surface area contributed by atoms with Crippen LogP contribution in [-0.2, 0) is 0 Å². The summed E-state index contributed by atoms with van der Waals surface area (Å²) in [6.45, 7) is 6.70. The minimum atomic E-state index is 0.788. The molecule has 16 heavy (non-hydrogen) atoms. The van der Waals surface area contributed by atoms with Gasteiger partial charge < -0.3 is 5.32 Å². The zero-order valence-electron chi connectivity index (χ0n) is 10.0. The molecule has 1 aromatic carbocycles. The van der Waals surface area contributed by atoms with Gasteiger partial charge in [0, 0.05) is 22.2 Å². The van der Waals surface area contributed by atoms with E-state index in [1.54, 1.807) is 0 Å². The third-order valence-electron chi connectivity index (χ3n) is 2.26. The summed E-state index contributed by atoms with van der Waals surface area (Å²) in [5, 5.41) is 4.26. The monoisotopic (exact) mass is 257 g/mol. The Kier molecular flexibility index (Phi) is 6.93. The first-order chi connectivity index (χ1) is 7.68. The third-order valence-corrected chi connectivity index (χ3v) is 3.53. The lowest BCUT2D eigenvalue weighted by Crippen LogP contribution is -2.19. The van der Waals surface area contributed by atoms with Crippen LogP contribution in [0.4, 0.5) is 0 Å². The summed E-state index contributed by atoms with van der Waals surface area (Å²) in [6, 6.07) is 8.02. The predicted molar refractivity (Wildman–Crippen MR) is 74.5 cm³/mol. The molecule has 1 rings (SSSR count). The van der Waals surface area contributed by atoms with E-state index in [-0.39, 0.29) is 0 Å². The molecule has 0 spiro atoms. The zero-order valence-corrected chi connectivity index (χ0v) is 11.6. The minimum absolute atomic E-state index is 0.788. The first-order valence-corrected chi connectivity index (χ1v) is 7.14. The van der Waals surface area contributed by atoms with Crippen molar-refractivity contribution in [1.82, 2.24) is 5.32 Å². The molecule has 0 aliphatic rings. The number of halogens is 1. The second-order valence-electron chi connectivity index (χ2n) is 4.23. The van der Waals surface area contributed by atoms with Gasteiger partial charge in [0.1, 0.15) is 0 Å². The summed E-state index contributed by atoms with van der Waals surface area (Å²) >= 11 is 7.69. The van der Waals surface area contributed by atoms with E-state index in [1.165, 1.54) is 11.3 Å². The molecule has 0 heterocycles. The Morgan fingerprint density at radius 1 is 1.19 bits per heavy atom. The van der Waals surface area contributed by atoms with Crippen molar-refractivity contribution in [1.29, 1.82) is 0 Å². The maximum atomic E-state index is 5.82. The Morgan fingerprint density at radius 2 is 1.88 bits per heavy atom. The van der Waals surface area contributed by atoms with Gasteiger partial charge in [0.2, 0.25) is 0 Å². The highest BCUT2D eigenvalue weighted by Gasteiger charge is 1.95. The van der Waals surface area contributed by atoms with Crippen molar-refractivity contribution in [2.24, 2.45) is 5.92 Å². The van der Waals surface area contributed by atoms with E-state index < -0.39 is 0 Å². The van der Waals surface area contributed by atoms with Crippen LogP contribution in [0.5, 0.6) is 0 Å². The molecule has 0 radical (unpaired) electrons. The van der Waals surface area contributed by atoms with E-state index in [2.05, 4.69) is 31.3 Å². The molecule has 1 aromatic rings. The summed E-state index contributed by atoms with van der Waals surface area (Å²) in [5.74, 6) is 1.90. The lowest BCUT2D eigenvalue weighted by molar-refractivity contribution is 0.547. The van der Waals surface area contributed by atoms with Gasteiger partial charge in [-0.3, -0.25) is 0 Å². The number of nitrogens with one attached hydrogen (secondary N) is 1. The normalized spacial score (nSPS) is 11.0. The summed E-state index contributed by atoms with van der Waals surface area (Å²) in [6.07, 6.45) is 1.26. The highest BCUT2D eigenvalue weighted by Crippen LogP contribution is 2.19. The number of hydrogen-bond acceptors (Lipinski definition) is 2. The Bertz CT molecular complexity index is 284. The fraction of sp³-hybridized carbons (Fsp3) is 0.538. The summed E-state index contributed by atoms with van der Waals surface area (Å²) in [7, 11) is 0. The van der Waals surface area contributed by atoms with Crippen molar-refractivity contribution >= 4 is 23.4 Å². The summed E-state index contributed by atoms with van der Waals surface area (Å²) in [5.41, 5.74) is 0. The van der Waals surface area contributed by atoms with Crippen LogP contribution in [0.2, 0.25) is 5.02 Å². The highest BCUT2D eigenvalue weighted by atomic mass is 35.5. The molecule has 0 aromatic heterocycles. The van der Waals surface area contributed by atoms with Crippen LogP contribution in [0.3, 0.4) is 0 Å². The Morgan fingerprint density at radius 3 is 2.50 bits per heavy atom. The van der Waals surface area contributed by atoms with E-state index in [1.807, 2.05) is 23.9 Å². The van der Waals surface area contributed by atoms with Gasteiger partial charge in [-0.1, -0.05) is 25.4 Å². The first kappa shape index (κ1) is 13.9. The van der Waals surface area contributed by atoms with E-state index in [9.17, 15) is 0 Å². The lowest BCUT2D eigenvalue weighted by Gasteiger charge is -2.06. The van der Waals surface area contributed by atoms with Crippen LogP contribution < -0.4 is 5.32 Å². The molecule has 0 aliphatic heterocycles. The number of thioether (sulfide) groups is 1. The van der Waals surface area contributed by atoms with Crippen LogP contribution in [0.15, 0.2) is 29.2 Å². The van der Waals surface area contributed by atoms with Gasteiger partial charge in [-0.25, -0.2) is 0 Å². The standard InChI is InChI=1S/C13H20ClNS/c1-11(2)7-8-15-9-10-16-13-5-3-12(14)4-6-13/h3-6,11,15H,7-10H2,1-2H3. The molecule has 0 amide bonds. The van der Waals surface area contributed by atoms with Crippen LogP contribution in [0.1, 0.15) is 20.3 Å². The van der Waals surface area contributed by atoms with E-state index in [4.69, 9.17) is 11.6 Å². The van der Waals surface area contributed by atoms with Crippen molar-refractivity contribution in [2.45, 2.75) is 25.2 Å². The van der Waals surface area contributed by atoms with Gasteiger partial charge in [0.05, 0.1) is 0 Å². The predicted octanol–water partition coefficient (Wildman–Crippen LogP) is 4.07. The molecule has 1 nitrogen and oxygen atoms in total. The molecule has 0 saturated carbocycles. The van der Waals surface area contributed by atoms with E-state index in [0.29, 0.717) is 0 Å². The van der Waals surface area contributed by atoms with Crippen molar-refractivity contribution in [3.8, 4) is 0 Å². The minimum Gasteiger partial charge on any atom is -0.316 e. The molecule has 0 atom stereocenters. The van der Waals surface area contributed by atoms with Gasteiger partial charge in [0.15, 0.2) is 0 Å². The van der Waals surface area contributed by atoms with Crippen LogP contribution in [0, 0.1) is 5.92 Å². The molecule has 0 aliphatic carbocycles. The van der Waals surface area contributed by atoms with Crippen molar-refractivity contribution in [2.75, 3.05) is 18.8 Å². The van der Waals surface area contributed by atoms with Gasteiger partial charge in [-0.2, -0.15) is 0 Å². The van der Waals surface area contributed by atoms with Crippen LogP contribution in [-0.4, -0.2) is 18.8 Å². The molecule has 1 N–H and O–H groups in total. The quantitative estimate of drug-likeness (QED) is 0.584.